The van der Waals surface area contributed by atoms with Gasteiger partial charge in [0.1, 0.15) is 0 Å². The van der Waals surface area contributed by atoms with E-state index in [1.165, 1.54) is 24.4 Å². The van der Waals surface area contributed by atoms with E-state index in [1.807, 2.05) is 0 Å². The van der Waals surface area contributed by atoms with E-state index in [1.54, 1.807) is 0 Å². The topological polar surface area (TPSA) is 70.2 Å². The first-order valence-corrected chi connectivity index (χ1v) is 6.60. The zero-order chi connectivity index (χ0) is 14.9. The Labute approximate surface area is 128 Å². The maximum atomic E-state index is 11.9. The Morgan fingerprint density at radius 1 is 1.15 bits per heavy atom. The molecule has 20 heavy (non-hydrogen) atoms. The molecule has 2 N–H and O–H groups in total. The molecule has 7 heteroatoms. The van der Waals surface area contributed by atoms with E-state index in [4.69, 9.17) is 39.9 Å². The van der Waals surface area contributed by atoms with Gasteiger partial charge in [0.05, 0.1) is 16.5 Å². The summed E-state index contributed by atoms with van der Waals surface area (Å²) < 4.78 is 0. The number of hydrogen-bond donors (Lipinski definition) is 2. The van der Waals surface area contributed by atoms with E-state index < -0.39 is 11.5 Å². The molecule has 0 saturated heterocycles. The van der Waals surface area contributed by atoms with Crippen LogP contribution < -0.4 is 5.56 Å². The summed E-state index contributed by atoms with van der Waals surface area (Å²) in [5, 5.41) is 9.52. The van der Waals surface area contributed by atoms with Gasteiger partial charge in [-0.2, -0.15) is 0 Å². The zero-order valence-electron chi connectivity index (χ0n) is 9.91. The molecule has 4 nitrogen and oxygen atoms in total. The average Bonchev–Trinajstić information content (AvgIpc) is 2.35. The summed E-state index contributed by atoms with van der Waals surface area (Å²) in [4.78, 5) is 25.1. The molecule has 104 valence electrons. The third kappa shape index (κ3) is 3.15. The molecule has 0 radical (unpaired) electrons. The molecule has 2 rings (SSSR count). The average molecular weight is 333 g/mol. The number of carbonyl (C=O) groups is 1. The Kier molecular flexibility index (Phi) is 4.38. The Morgan fingerprint density at radius 3 is 2.50 bits per heavy atom. The van der Waals surface area contributed by atoms with Crippen LogP contribution in [0.15, 0.2) is 29.2 Å². The van der Waals surface area contributed by atoms with Crippen LogP contribution in [-0.4, -0.2) is 16.1 Å². The predicted octanol–water partition coefficient (Wildman–Crippen LogP) is 3.63. The normalized spacial score (nSPS) is 10.6. The zero-order valence-corrected chi connectivity index (χ0v) is 12.2. The number of aliphatic carboxylic acids is 1. The van der Waals surface area contributed by atoms with Crippen molar-refractivity contribution in [3.8, 4) is 11.1 Å². The molecule has 0 aliphatic heterocycles. The van der Waals surface area contributed by atoms with Gasteiger partial charge in [-0.05, 0) is 23.8 Å². The lowest BCUT2D eigenvalue weighted by Crippen LogP contribution is -2.11. The number of aromatic amines is 1. The Hall–Kier alpha value is -1.49. The maximum absolute atomic E-state index is 11.9. The van der Waals surface area contributed by atoms with Crippen LogP contribution in [0.1, 0.15) is 5.56 Å². The van der Waals surface area contributed by atoms with Crippen molar-refractivity contribution in [1.82, 2.24) is 4.98 Å². The standard InChI is InChI=1S/C13H8Cl3NO3/c14-7-3-8(12(16)10(15)4-7)9-1-6(2-11(18)19)5-17-13(9)20/h1,3-5H,2H2,(H,17,20)(H,18,19). The van der Waals surface area contributed by atoms with Crippen LogP contribution in [-0.2, 0) is 11.2 Å². The number of nitrogens with one attached hydrogen (secondary N) is 1. The highest BCUT2D eigenvalue weighted by Gasteiger charge is 2.13. The monoisotopic (exact) mass is 331 g/mol. The second kappa shape index (κ2) is 5.87. The van der Waals surface area contributed by atoms with Crippen molar-refractivity contribution in [1.29, 1.82) is 0 Å². The summed E-state index contributed by atoms with van der Waals surface area (Å²) >= 11 is 17.9. The van der Waals surface area contributed by atoms with Gasteiger partial charge < -0.3 is 10.1 Å². The summed E-state index contributed by atoms with van der Waals surface area (Å²) in [6.07, 6.45) is 1.13. The van der Waals surface area contributed by atoms with Gasteiger partial charge >= 0.3 is 5.97 Å². The van der Waals surface area contributed by atoms with Gasteiger partial charge in [0.15, 0.2) is 0 Å². The van der Waals surface area contributed by atoms with Crippen LogP contribution in [0.5, 0.6) is 0 Å². The molecule has 0 atom stereocenters. The van der Waals surface area contributed by atoms with E-state index in [0.717, 1.165) is 0 Å². The maximum Gasteiger partial charge on any atom is 0.307 e. The number of rotatable bonds is 3. The molecule has 0 saturated carbocycles. The Morgan fingerprint density at radius 2 is 1.85 bits per heavy atom. The molecule has 1 heterocycles. The quantitative estimate of drug-likeness (QED) is 0.843. The molecule has 0 unspecified atom stereocenters. The SMILES string of the molecule is O=C(O)Cc1c[nH]c(=O)c(-c2cc(Cl)cc(Cl)c2Cl)c1. The molecule has 0 amide bonds. The summed E-state index contributed by atoms with van der Waals surface area (Å²) in [5.74, 6) is -1.00. The van der Waals surface area contributed by atoms with Gasteiger partial charge in [-0.1, -0.05) is 34.8 Å². The van der Waals surface area contributed by atoms with Crippen LogP contribution in [0.4, 0.5) is 0 Å². The largest absolute Gasteiger partial charge is 0.481 e. The minimum absolute atomic E-state index is 0.189. The van der Waals surface area contributed by atoms with E-state index in [0.29, 0.717) is 16.1 Å². The van der Waals surface area contributed by atoms with Crippen molar-refractivity contribution in [2.45, 2.75) is 6.42 Å². The highest BCUT2D eigenvalue weighted by molar-refractivity contribution is 6.45. The predicted molar refractivity (Wildman–Crippen MR) is 78.9 cm³/mol. The molecule has 0 fully saturated rings. The van der Waals surface area contributed by atoms with Crippen molar-refractivity contribution >= 4 is 40.8 Å². The first-order chi connectivity index (χ1) is 9.38. The lowest BCUT2D eigenvalue weighted by atomic mass is 10.0. The van der Waals surface area contributed by atoms with Crippen LogP contribution in [0.25, 0.3) is 11.1 Å². The van der Waals surface area contributed by atoms with Crippen LogP contribution >= 0.6 is 34.8 Å². The molecule has 1 aromatic heterocycles. The number of benzene rings is 1. The number of H-pyrrole nitrogens is 1. The smallest absolute Gasteiger partial charge is 0.307 e. The van der Waals surface area contributed by atoms with Crippen LogP contribution in [0.2, 0.25) is 15.1 Å². The van der Waals surface area contributed by atoms with Gasteiger partial charge in [0.2, 0.25) is 0 Å². The van der Waals surface area contributed by atoms with E-state index >= 15 is 0 Å². The third-order valence-corrected chi connectivity index (χ3v) is 3.62. The minimum atomic E-state index is -1.00. The number of carboxylic acids is 1. The number of hydrogen-bond acceptors (Lipinski definition) is 2. The van der Waals surface area contributed by atoms with Crippen molar-refractivity contribution in [2.24, 2.45) is 0 Å². The van der Waals surface area contributed by atoms with Gasteiger partial charge in [-0.15, -0.1) is 0 Å². The molecule has 0 bridgehead atoms. The molecular formula is C13H8Cl3NO3. The number of pyridine rings is 1. The first-order valence-electron chi connectivity index (χ1n) is 5.47. The number of aromatic nitrogens is 1. The summed E-state index contributed by atoms with van der Waals surface area (Å²) in [6, 6.07) is 4.43. The molecule has 0 aliphatic rings. The highest BCUT2D eigenvalue weighted by Crippen LogP contribution is 2.35. The Balaban J connectivity index is 2.63. The van der Waals surface area contributed by atoms with Crippen molar-refractivity contribution in [2.75, 3.05) is 0 Å². The second-order valence-corrected chi connectivity index (χ2v) is 5.29. The fourth-order valence-corrected chi connectivity index (χ4v) is 2.46. The summed E-state index contributed by atoms with van der Waals surface area (Å²) in [5.41, 5.74) is 0.620. The minimum Gasteiger partial charge on any atom is -0.481 e. The highest BCUT2D eigenvalue weighted by atomic mass is 35.5. The number of halogens is 3. The van der Waals surface area contributed by atoms with Crippen molar-refractivity contribution in [3.63, 3.8) is 0 Å². The molecular weight excluding hydrogens is 325 g/mol. The van der Waals surface area contributed by atoms with Gasteiger partial charge in [0.25, 0.3) is 5.56 Å². The van der Waals surface area contributed by atoms with E-state index in [9.17, 15) is 9.59 Å². The molecule has 0 aliphatic carbocycles. The fraction of sp³-hybridized carbons (Fsp3) is 0.0769. The van der Waals surface area contributed by atoms with E-state index in [-0.39, 0.29) is 22.0 Å². The third-order valence-electron chi connectivity index (χ3n) is 2.60. The lowest BCUT2D eigenvalue weighted by molar-refractivity contribution is -0.136. The second-order valence-electron chi connectivity index (χ2n) is 4.07. The van der Waals surface area contributed by atoms with Crippen molar-refractivity contribution in [3.05, 3.63) is 55.4 Å². The number of carboxylic acid groups (broad SMARTS) is 1. The van der Waals surface area contributed by atoms with Crippen LogP contribution in [0, 0.1) is 0 Å². The Bertz CT molecular complexity index is 740. The summed E-state index contributed by atoms with van der Waals surface area (Å²) in [7, 11) is 0. The summed E-state index contributed by atoms with van der Waals surface area (Å²) in [6.45, 7) is 0. The fourth-order valence-electron chi connectivity index (χ4n) is 1.76. The van der Waals surface area contributed by atoms with Gasteiger partial charge in [-0.25, -0.2) is 0 Å². The molecule has 2 aromatic rings. The first kappa shape index (κ1) is 14.9. The van der Waals surface area contributed by atoms with E-state index in [2.05, 4.69) is 4.98 Å². The van der Waals surface area contributed by atoms with Gasteiger partial charge in [0, 0.05) is 22.3 Å². The van der Waals surface area contributed by atoms with Crippen molar-refractivity contribution < 1.29 is 9.90 Å². The lowest BCUT2D eigenvalue weighted by Gasteiger charge is -2.08. The molecule has 1 aromatic carbocycles. The molecule has 0 spiro atoms. The van der Waals surface area contributed by atoms with Gasteiger partial charge in [-0.3, -0.25) is 9.59 Å². The van der Waals surface area contributed by atoms with Crippen LogP contribution in [0.3, 0.4) is 0 Å².